The summed E-state index contributed by atoms with van der Waals surface area (Å²) in [7, 11) is 0. The minimum absolute atomic E-state index is 0.255. The van der Waals surface area contributed by atoms with Crippen LogP contribution in [-0.2, 0) is 6.54 Å². The predicted octanol–water partition coefficient (Wildman–Crippen LogP) is 1.54. The van der Waals surface area contributed by atoms with E-state index in [2.05, 4.69) is 31.2 Å². The third-order valence-electron chi connectivity index (χ3n) is 4.17. The van der Waals surface area contributed by atoms with Crippen LogP contribution in [0.5, 0.6) is 0 Å². The zero-order valence-corrected chi connectivity index (χ0v) is 12.6. The van der Waals surface area contributed by atoms with Crippen LogP contribution in [0, 0.1) is 5.92 Å². The topological polar surface area (TPSA) is 62.1 Å². The Hall–Kier alpha value is -0.590. The summed E-state index contributed by atoms with van der Waals surface area (Å²) in [5.74, 6) is 2.15. The number of anilines is 1. The summed E-state index contributed by atoms with van der Waals surface area (Å²) in [6, 6.07) is 0. The molecule has 0 amide bonds. The molecule has 1 unspecified atom stereocenters. The van der Waals surface area contributed by atoms with Gasteiger partial charge in [0.25, 0.3) is 0 Å². The molecule has 2 aliphatic heterocycles. The average Bonchev–Trinajstić information content (AvgIpc) is 2.77. The molecule has 0 spiro atoms. The van der Waals surface area contributed by atoms with E-state index in [1.807, 2.05) is 0 Å². The maximum absolute atomic E-state index is 9.06. The van der Waals surface area contributed by atoms with Crippen molar-refractivity contribution in [2.24, 2.45) is 5.92 Å². The fraction of sp³-hybridized carbons (Fsp3) is 0.769. The van der Waals surface area contributed by atoms with Gasteiger partial charge in [-0.2, -0.15) is 5.10 Å². The van der Waals surface area contributed by atoms with Gasteiger partial charge in [-0.15, -0.1) is 0 Å². The second-order valence-corrected chi connectivity index (χ2v) is 6.31. The molecule has 1 aromatic heterocycles. The van der Waals surface area contributed by atoms with Crippen LogP contribution < -0.4 is 10.6 Å². The fourth-order valence-electron chi connectivity index (χ4n) is 3.04. The molecule has 0 aliphatic carbocycles. The Morgan fingerprint density at radius 3 is 2.89 bits per heavy atom. The van der Waals surface area contributed by atoms with E-state index in [-0.39, 0.29) is 6.61 Å². The van der Waals surface area contributed by atoms with Crippen LogP contribution in [0.1, 0.15) is 30.9 Å². The van der Waals surface area contributed by atoms with Crippen molar-refractivity contribution in [2.45, 2.75) is 31.7 Å². The van der Waals surface area contributed by atoms with Crippen LogP contribution in [-0.4, -0.2) is 41.1 Å². The predicted molar refractivity (Wildman–Crippen MR) is 78.5 cm³/mol. The minimum Gasteiger partial charge on any atom is -0.396 e. The van der Waals surface area contributed by atoms with E-state index in [4.69, 9.17) is 10.2 Å². The van der Waals surface area contributed by atoms with Gasteiger partial charge >= 0.3 is 0 Å². The van der Waals surface area contributed by atoms with Crippen LogP contribution in [0.4, 0.5) is 5.82 Å². The van der Waals surface area contributed by atoms with Crippen molar-refractivity contribution in [1.82, 2.24) is 15.1 Å². The Bertz CT molecular complexity index is 442. The average molecular weight is 329 g/mol. The fourth-order valence-corrected chi connectivity index (χ4v) is 3.79. The van der Waals surface area contributed by atoms with Gasteiger partial charge in [0.05, 0.1) is 10.2 Å². The molecule has 3 rings (SSSR count). The summed E-state index contributed by atoms with van der Waals surface area (Å²) in [6.45, 7) is 4.26. The first-order valence-corrected chi connectivity index (χ1v) is 7.90. The van der Waals surface area contributed by atoms with Crippen molar-refractivity contribution in [3.8, 4) is 0 Å². The normalized spacial score (nSPS) is 24.0. The highest BCUT2D eigenvalue weighted by Gasteiger charge is 2.27. The Labute approximate surface area is 121 Å². The number of rotatable bonds is 3. The van der Waals surface area contributed by atoms with Gasteiger partial charge in [0.15, 0.2) is 0 Å². The quantitative estimate of drug-likeness (QED) is 0.787. The molecule has 1 fully saturated rings. The Kier molecular flexibility index (Phi) is 4.10. The van der Waals surface area contributed by atoms with Gasteiger partial charge in [0.2, 0.25) is 0 Å². The standard InChI is InChI=1S/C13H21BrN4O/c14-11-12(10-1-4-15-5-2-10)17-18-8-9(3-6-19)7-16-13(11)18/h9-10,15-16,19H,1-8H2. The lowest BCUT2D eigenvalue weighted by Crippen LogP contribution is -2.28. The summed E-state index contributed by atoms with van der Waals surface area (Å²) in [5.41, 5.74) is 1.20. The van der Waals surface area contributed by atoms with Crippen molar-refractivity contribution >= 4 is 21.7 Å². The maximum atomic E-state index is 9.06. The lowest BCUT2D eigenvalue weighted by molar-refractivity contribution is 0.244. The van der Waals surface area contributed by atoms with E-state index in [1.54, 1.807) is 0 Å². The number of aliphatic hydroxyl groups is 1. The molecule has 3 N–H and O–H groups in total. The molecule has 3 heterocycles. The highest BCUT2D eigenvalue weighted by Crippen LogP contribution is 2.37. The van der Waals surface area contributed by atoms with Crippen molar-refractivity contribution in [3.63, 3.8) is 0 Å². The maximum Gasteiger partial charge on any atom is 0.139 e. The number of fused-ring (bicyclic) bond motifs is 1. The second kappa shape index (κ2) is 5.81. The van der Waals surface area contributed by atoms with Gasteiger partial charge in [-0.25, -0.2) is 4.68 Å². The summed E-state index contributed by atoms with van der Waals surface area (Å²) >= 11 is 3.72. The van der Waals surface area contributed by atoms with Crippen molar-refractivity contribution < 1.29 is 5.11 Å². The van der Waals surface area contributed by atoms with Crippen LogP contribution in [0.2, 0.25) is 0 Å². The molecule has 2 aliphatic rings. The van der Waals surface area contributed by atoms with Crippen LogP contribution in [0.15, 0.2) is 4.47 Å². The van der Waals surface area contributed by atoms with Gasteiger partial charge < -0.3 is 15.7 Å². The first kappa shape index (κ1) is 13.4. The first-order chi connectivity index (χ1) is 9.29. The molecule has 0 bridgehead atoms. The van der Waals surface area contributed by atoms with Crippen LogP contribution in [0.3, 0.4) is 0 Å². The van der Waals surface area contributed by atoms with E-state index < -0.39 is 0 Å². The van der Waals surface area contributed by atoms with E-state index in [1.165, 1.54) is 5.69 Å². The largest absolute Gasteiger partial charge is 0.396 e. The van der Waals surface area contributed by atoms with Crippen molar-refractivity contribution in [2.75, 3.05) is 31.6 Å². The van der Waals surface area contributed by atoms with E-state index in [0.29, 0.717) is 11.8 Å². The Morgan fingerprint density at radius 2 is 2.16 bits per heavy atom. The van der Waals surface area contributed by atoms with E-state index in [0.717, 1.165) is 55.7 Å². The number of hydrogen-bond acceptors (Lipinski definition) is 4. The molecule has 0 saturated carbocycles. The van der Waals surface area contributed by atoms with E-state index >= 15 is 0 Å². The highest BCUT2D eigenvalue weighted by atomic mass is 79.9. The number of aliphatic hydroxyl groups excluding tert-OH is 1. The number of hydrogen-bond donors (Lipinski definition) is 3. The zero-order chi connectivity index (χ0) is 13.2. The molecule has 19 heavy (non-hydrogen) atoms. The molecule has 1 saturated heterocycles. The van der Waals surface area contributed by atoms with Gasteiger partial charge in [-0.3, -0.25) is 0 Å². The highest BCUT2D eigenvalue weighted by molar-refractivity contribution is 9.10. The summed E-state index contributed by atoms with van der Waals surface area (Å²) in [6.07, 6.45) is 3.16. The lowest BCUT2D eigenvalue weighted by Gasteiger charge is -2.24. The van der Waals surface area contributed by atoms with Gasteiger partial charge in [-0.1, -0.05) is 0 Å². The molecule has 1 aromatic rings. The molecule has 5 nitrogen and oxygen atoms in total. The minimum atomic E-state index is 0.255. The van der Waals surface area contributed by atoms with Crippen LogP contribution >= 0.6 is 15.9 Å². The number of piperidine rings is 1. The lowest BCUT2D eigenvalue weighted by atomic mass is 9.95. The number of nitrogens with one attached hydrogen (secondary N) is 2. The molecule has 0 aromatic carbocycles. The number of halogens is 1. The molecular formula is C13H21BrN4O. The molecule has 106 valence electrons. The van der Waals surface area contributed by atoms with Crippen molar-refractivity contribution in [1.29, 1.82) is 0 Å². The molecule has 0 radical (unpaired) electrons. The van der Waals surface area contributed by atoms with Crippen LogP contribution in [0.25, 0.3) is 0 Å². The summed E-state index contributed by atoms with van der Waals surface area (Å²) in [5, 5.41) is 20.7. The number of aromatic nitrogens is 2. The monoisotopic (exact) mass is 328 g/mol. The Morgan fingerprint density at radius 1 is 1.37 bits per heavy atom. The van der Waals surface area contributed by atoms with Crippen molar-refractivity contribution in [3.05, 3.63) is 10.2 Å². The second-order valence-electron chi connectivity index (χ2n) is 5.51. The van der Waals surface area contributed by atoms with Gasteiger partial charge in [0, 0.05) is 25.6 Å². The third kappa shape index (κ3) is 2.66. The van der Waals surface area contributed by atoms with Gasteiger partial charge in [-0.05, 0) is 54.2 Å². The van der Waals surface area contributed by atoms with Gasteiger partial charge in [0.1, 0.15) is 5.82 Å². The Balaban J connectivity index is 1.80. The smallest absolute Gasteiger partial charge is 0.139 e. The summed E-state index contributed by atoms with van der Waals surface area (Å²) < 4.78 is 3.22. The molecule has 6 heteroatoms. The summed E-state index contributed by atoms with van der Waals surface area (Å²) in [4.78, 5) is 0. The van der Waals surface area contributed by atoms with E-state index in [9.17, 15) is 0 Å². The number of nitrogens with zero attached hydrogens (tertiary/aromatic N) is 2. The first-order valence-electron chi connectivity index (χ1n) is 7.11. The molecule has 1 atom stereocenters. The zero-order valence-electron chi connectivity index (χ0n) is 11.0. The SMILES string of the molecule is OCCC1CNc2c(Br)c(C3CCNCC3)nn2C1. The third-order valence-corrected chi connectivity index (χ3v) is 4.95. The molecular weight excluding hydrogens is 308 g/mol.